The summed E-state index contributed by atoms with van der Waals surface area (Å²) in [5.74, 6) is 1.25. The number of hydrogen-bond donors (Lipinski definition) is 2. The van der Waals surface area contributed by atoms with Crippen LogP contribution in [-0.2, 0) is 6.54 Å². The van der Waals surface area contributed by atoms with E-state index in [2.05, 4.69) is 19.2 Å². The van der Waals surface area contributed by atoms with E-state index in [1.807, 2.05) is 49.4 Å². The average molecular weight is 285 g/mol. The summed E-state index contributed by atoms with van der Waals surface area (Å²) in [5.41, 5.74) is 3.04. The zero-order chi connectivity index (χ0) is 15.2. The molecule has 0 aliphatic heterocycles. The van der Waals surface area contributed by atoms with Gasteiger partial charge in [-0.05, 0) is 38.5 Å². The zero-order valence-corrected chi connectivity index (χ0v) is 12.9. The standard InChI is InChI=1S/C18H23NO2/c1-13-7-9-17(10-8-13)21-12-15(3)19-11-16-6-4-5-14(2)18(16)20/h4-10,15,19-20H,11-12H2,1-3H3. The second-order valence-corrected chi connectivity index (χ2v) is 5.49. The van der Waals surface area contributed by atoms with Crippen LogP contribution in [0.1, 0.15) is 23.6 Å². The van der Waals surface area contributed by atoms with Crippen molar-refractivity contribution in [2.45, 2.75) is 33.4 Å². The molecular weight excluding hydrogens is 262 g/mol. The van der Waals surface area contributed by atoms with Crippen LogP contribution in [0.2, 0.25) is 0 Å². The summed E-state index contributed by atoms with van der Waals surface area (Å²) in [7, 11) is 0. The highest BCUT2D eigenvalue weighted by atomic mass is 16.5. The third kappa shape index (κ3) is 4.50. The molecule has 0 aliphatic carbocycles. The van der Waals surface area contributed by atoms with Crippen molar-refractivity contribution < 1.29 is 9.84 Å². The lowest BCUT2D eigenvalue weighted by Gasteiger charge is -2.16. The SMILES string of the molecule is Cc1ccc(OCC(C)NCc2cccc(C)c2O)cc1. The number of nitrogens with one attached hydrogen (secondary N) is 1. The van der Waals surface area contributed by atoms with E-state index in [9.17, 15) is 5.11 Å². The van der Waals surface area contributed by atoms with Crippen molar-refractivity contribution in [1.29, 1.82) is 0 Å². The minimum atomic E-state index is 0.200. The van der Waals surface area contributed by atoms with Gasteiger partial charge in [-0.15, -0.1) is 0 Å². The molecular formula is C18H23NO2. The van der Waals surface area contributed by atoms with E-state index < -0.39 is 0 Å². The quantitative estimate of drug-likeness (QED) is 0.852. The molecule has 0 saturated heterocycles. The van der Waals surface area contributed by atoms with Crippen LogP contribution in [0.15, 0.2) is 42.5 Å². The van der Waals surface area contributed by atoms with Crippen molar-refractivity contribution in [3.05, 3.63) is 59.2 Å². The van der Waals surface area contributed by atoms with Crippen molar-refractivity contribution in [3.8, 4) is 11.5 Å². The fourth-order valence-electron chi connectivity index (χ4n) is 2.06. The maximum absolute atomic E-state index is 9.97. The van der Waals surface area contributed by atoms with Gasteiger partial charge in [0.2, 0.25) is 0 Å². The first-order valence-corrected chi connectivity index (χ1v) is 7.26. The second-order valence-electron chi connectivity index (χ2n) is 5.49. The number of aromatic hydroxyl groups is 1. The van der Waals surface area contributed by atoms with Gasteiger partial charge in [0.25, 0.3) is 0 Å². The molecule has 0 bridgehead atoms. The first-order valence-electron chi connectivity index (χ1n) is 7.26. The highest BCUT2D eigenvalue weighted by Gasteiger charge is 2.07. The molecule has 0 heterocycles. The van der Waals surface area contributed by atoms with Gasteiger partial charge in [-0.25, -0.2) is 0 Å². The number of hydrogen-bond acceptors (Lipinski definition) is 3. The smallest absolute Gasteiger partial charge is 0.122 e. The van der Waals surface area contributed by atoms with Gasteiger partial charge in [0.1, 0.15) is 18.1 Å². The average Bonchev–Trinajstić information content (AvgIpc) is 2.48. The first kappa shape index (κ1) is 15.4. The summed E-state index contributed by atoms with van der Waals surface area (Å²) in [4.78, 5) is 0. The van der Waals surface area contributed by atoms with Crippen LogP contribution in [0.5, 0.6) is 11.5 Å². The molecule has 1 unspecified atom stereocenters. The minimum absolute atomic E-state index is 0.200. The van der Waals surface area contributed by atoms with Crippen molar-refractivity contribution in [2.24, 2.45) is 0 Å². The van der Waals surface area contributed by atoms with E-state index in [0.717, 1.165) is 16.9 Å². The Kier molecular flexibility index (Phi) is 5.23. The van der Waals surface area contributed by atoms with Gasteiger partial charge in [-0.3, -0.25) is 0 Å². The molecule has 0 aromatic heterocycles. The number of aryl methyl sites for hydroxylation is 2. The van der Waals surface area contributed by atoms with E-state index in [1.54, 1.807) is 0 Å². The Bertz CT molecular complexity index is 578. The molecule has 2 N–H and O–H groups in total. The summed E-state index contributed by atoms with van der Waals surface area (Å²) in [6, 6.07) is 14.0. The lowest BCUT2D eigenvalue weighted by Crippen LogP contribution is -2.31. The van der Waals surface area contributed by atoms with E-state index in [-0.39, 0.29) is 6.04 Å². The van der Waals surface area contributed by atoms with E-state index in [1.165, 1.54) is 5.56 Å². The fraction of sp³-hybridized carbons (Fsp3) is 0.333. The highest BCUT2D eigenvalue weighted by Crippen LogP contribution is 2.21. The predicted molar refractivity (Wildman–Crippen MR) is 85.8 cm³/mol. The zero-order valence-electron chi connectivity index (χ0n) is 12.9. The number of ether oxygens (including phenoxy) is 1. The normalized spacial score (nSPS) is 12.1. The number of phenolic OH excluding ortho intramolecular Hbond substituents is 1. The van der Waals surface area contributed by atoms with E-state index >= 15 is 0 Å². The molecule has 0 amide bonds. The molecule has 3 heteroatoms. The number of para-hydroxylation sites is 1. The van der Waals surface area contributed by atoms with Crippen molar-refractivity contribution in [2.75, 3.05) is 6.61 Å². The van der Waals surface area contributed by atoms with Crippen molar-refractivity contribution in [1.82, 2.24) is 5.32 Å². The highest BCUT2D eigenvalue weighted by molar-refractivity contribution is 5.39. The van der Waals surface area contributed by atoms with Gasteiger partial charge >= 0.3 is 0 Å². The molecule has 0 fully saturated rings. The third-order valence-electron chi connectivity index (χ3n) is 3.48. The Balaban J connectivity index is 1.80. The summed E-state index contributed by atoms with van der Waals surface area (Å²) in [6.45, 7) is 7.26. The summed E-state index contributed by atoms with van der Waals surface area (Å²) in [5, 5.41) is 13.3. The molecule has 21 heavy (non-hydrogen) atoms. The van der Waals surface area contributed by atoms with Crippen LogP contribution in [0, 0.1) is 13.8 Å². The molecule has 1 atom stereocenters. The molecule has 2 aromatic rings. The molecule has 2 aromatic carbocycles. The van der Waals surface area contributed by atoms with Gasteiger partial charge in [-0.2, -0.15) is 0 Å². The van der Waals surface area contributed by atoms with E-state index in [4.69, 9.17) is 4.74 Å². The lowest BCUT2D eigenvalue weighted by molar-refractivity contribution is 0.272. The summed E-state index contributed by atoms with van der Waals surface area (Å²) < 4.78 is 5.74. The number of benzene rings is 2. The van der Waals surface area contributed by atoms with Gasteiger partial charge < -0.3 is 15.2 Å². The van der Waals surface area contributed by atoms with Crippen molar-refractivity contribution in [3.63, 3.8) is 0 Å². The van der Waals surface area contributed by atoms with Gasteiger partial charge in [-0.1, -0.05) is 35.9 Å². The topological polar surface area (TPSA) is 41.5 Å². The van der Waals surface area contributed by atoms with Crippen molar-refractivity contribution >= 4 is 0 Å². The molecule has 0 spiro atoms. The van der Waals surface area contributed by atoms with Crippen LogP contribution in [0.25, 0.3) is 0 Å². The first-order chi connectivity index (χ1) is 10.1. The lowest BCUT2D eigenvalue weighted by atomic mass is 10.1. The predicted octanol–water partition coefficient (Wildman–Crippen LogP) is 3.57. The molecule has 3 nitrogen and oxygen atoms in total. The molecule has 0 aliphatic rings. The number of rotatable bonds is 6. The monoisotopic (exact) mass is 285 g/mol. The summed E-state index contributed by atoms with van der Waals surface area (Å²) in [6.07, 6.45) is 0. The van der Waals surface area contributed by atoms with Crippen LogP contribution >= 0.6 is 0 Å². The largest absolute Gasteiger partial charge is 0.507 e. The van der Waals surface area contributed by atoms with Crippen LogP contribution in [-0.4, -0.2) is 17.8 Å². The Morgan fingerprint density at radius 1 is 1.10 bits per heavy atom. The van der Waals surface area contributed by atoms with Crippen LogP contribution in [0.4, 0.5) is 0 Å². The van der Waals surface area contributed by atoms with E-state index in [0.29, 0.717) is 18.9 Å². The Hall–Kier alpha value is -2.00. The van der Waals surface area contributed by atoms with Crippen LogP contribution in [0.3, 0.4) is 0 Å². The molecule has 0 saturated carbocycles. The van der Waals surface area contributed by atoms with Crippen LogP contribution < -0.4 is 10.1 Å². The van der Waals surface area contributed by atoms with Gasteiger partial charge in [0, 0.05) is 18.2 Å². The third-order valence-corrected chi connectivity index (χ3v) is 3.48. The molecule has 0 radical (unpaired) electrons. The molecule has 2 rings (SSSR count). The Labute approximate surface area is 126 Å². The maximum Gasteiger partial charge on any atom is 0.122 e. The fourth-order valence-corrected chi connectivity index (χ4v) is 2.06. The van der Waals surface area contributed by atoms with Gasteiger partial charge in [0.15, 0.2) is 0 Å². The molecule has 112 valence electrons. The number of phenols is 1. The Morgan fingerprint density at radius 2 is 1.81 bits per heavy atom. The Morgan fingerprint density at radius 3 is 2.52 bits per heavy atom. The maximum atomic E-state index is 9.97. The summed E-state index contributed by atoms with van der Waals surface area (Å²) >= 11 is 0. The van der Waals surface area contributed by atoms with Gasteiger partial charge in [0.05, 0.1) is 0 Å². The second kappa shape index (κ2) is 7.14. The minimum Gasteiger partial charge on any atom is -0.507 e.